The Morgan fingerprint density at radius 1 is 0.773 bits per heavy atom. The molecule has 0 aromatic heterocycles. The Labute approximate surface area is 128 Å². The molecule has 0 aliphatic heterocycles. The molecule has 3 aromatic rings. The summed E-state index contributed by atoms with van der Waals surface area (Å²) in [6, 6.07) is 19.5. The summed E-state index contributed by atoms with van der Waals surface area (Å²) in [5.74, 6) is -0.366. The molecule has 0 heterocycles. The average Bonchev–Trinajstić information content (AvgIpc) is 2.60. The molecule has 0 saturated heterocycles. The van der Waals surface area contributed by atoms with Gasteiger partial charge < -0.3 is 4.74 Å². The number of hydrogen-bond donors (Lipinski definition) is 0. The van der Waals surface area contributed by atoms with Crippen molar-refractivity contribution in [2.24, 2.45) is 0 Å². The smallest absolute Gasteiger partial charge is 0.234 e. The molecule has 3 nitrogen and oxygen atoms in total. The van der Waals surface area contributed by atoms with Crippen molar-refractivity contribution >= 4 is 22.3 Å². The first-order valence-electron chi connectivity index (χ1n) is 6.91. The van der Waals surface area contributed by atoms with Gasteiger partial charge in [0, 0.05) is 11.1 Å². The number of methoxy groups -OCH3 is 1. The summed E-state index contributed by atoms with van der Waals surface area (Å²) < 4.78 is 5.06. The van der Waals surface area contributed by atoms with Crippen LogP contribution in [0.5, 0.6) is 5.75 Å². The van der Waals surface area contributed by atoms with Crippen LogP contribution in [0.25, 0.3) is 10.8 Å². The second-order valence-electron chi connectivity index (χ2n) is 4.91. The van der Waals surface area contributed by atoms with Crippen LogP contribution in [-0.2, 0) is 0 Å². The fraction of sp³-hybridized carbons (Fsp3) is 0.0526. The highest BCUT2D eigenvalue weighted by Crippen LogP contribution is 2.21. The fourth-order valence-corrected chi connectivity index (χ4v) is 2.42. The predicted molar refractivity (Wildman–Crippen MR) is 85.6 cm³/mol. The summed E-state index contributed by atoms with van der Waals surface area (Å²) in [5, 5.41) is 1.73. The molecule has 0 atom stereocenters. The molecule has 0 saturated carbocycles. The van der Waals surface area contributed by atoms with Gasteiger partial charge in [0.25, 0.3) is 0 Å². The third-order valence-corrected chi connectivity index (χ3v) is 3.59. The summed E-state index contributed by atoms with van der Waals surface area (Å²) in [4.78, 5) is 24.9. The van der Waals surface area contributed by atoms with E-state index in [1.807, 2.05) is 30.3 Å². The van der Waals surface area contributed by atoms with Gasteiger partial charge in [0.2, 0.25) is 11.6 Å². The minimum absolute atomic E-state index is 0.360. The monoisotopic (exact) mass is 290 g/mol. The molecule has 0 amide bonds. The van der Waals surface area contributed by atoms with E-state index in [9.17, 15) is 9.59 Å². The maximum absolute atomic E-state index is 12.5. The van der Waals surface area contributed by atoms with Crippen LogP contribution in [0.2, 0.25) is 0 Å². The van der Waals surface area contributed by atoms with Crippen LogP contribution in [-0.4, -0.2) is 18.7 Å². The zero-order valence-electron chi connectivity index (χ0n) is 12.1. The van der Waals surface area contributed by atoms with Gasteiger partial charge in [-0.3, -0.25) is 9.59 Å². The molecule has 108 valence electrons. The first-order valence-corrected chi connectivity index (χ1v) is 6.91. The van der Waals surface area contributed by atoms with Gasteiger partial charge in [0.05, 0.1) is 7.11 Å². The normalized spacial score (nSPS) is 10.4. The van der Waals surface area contributed by atoms with E-state index in [2.05, 4.69) is 0 Å². The Balaban J connectivity index is 1.99. The summed E-state index contributed by atoms with van der Waals surface area (Å²) in [6.07, 6.45) is 0. The van der Waals surface area contributed by atoms with Gasteiger partial charge in [0.15, 0.2) is 0 Å². The van der Waals surface area contributed by atoms with Crippen molar-refractivity contribution in [1.29, 1.82) is 0 Å². The quantitative estimate of drug-likeness (QED) is 0.540. The first kappa shape index (κ1) is 14.0. The highest BCUT2D eigenvalue weighted by Gasteiger charge is 2.20. The molecular weight excluding hydrogens is 276 g/mol. The Morgan fingerprint density at radius 2 is 1.45 bits per heavy atom. The Hall–Kier alpha value is -2.94. The lowest BCUT2D eigenvalue weighted by Gasteiger charge is -2.06. The highest BCUT2D eigenvalue weighted by atomic mass is 16.5. The molecule has 22 heavy (non-hydrogen) atoms. The van der Waals surface area contributed by atoms with Crippen LogP contribution < -0.4 is 4.74 Å². The van der Waals surface area contributed by atoms with Gasteiger partial charge in [-0.05, 0) is 35.0 Å². The Morgan fingerprint density at radius 3 is 2.18 bits per heavy atom. The number of benzene rings is 3. The number of fused-ring (bicyclic) bond motifs is 1. The van der Waals surface area contributed by atoms with Crippen LogP contribution >= 0.6 is 0 Å². The molecule has 0 radical (unpaired) electrons. The molecule has 0 unspecified atom stereocenters. The summed E-state index contributed by atoms with van der Waals surface area (Å²) in [7, 11) is 1.55. The molecule has 3 aromatic carbocycles. The number of ketones is 2. The number of rotatable bonds is 4. The van der Waals surface area contributed by atoms with Gasteiger partial charge in [-0.15, -0.1) is 0 Å². The second kappa shape index (κ2) is 5.82. The van der Waals surface area contributed by atoms with Crippen molar-refractivity contribution in [1.82, 2.24) is 0 Å². The number of carbonyl (C=O) groups is 2. The number of Topliss-reactive ketones (excluding diaryl/α,β-unsaturated/α-hetero) is 2. The lowest BCUT2D eigenvalue weighted by Crippen LogP contribution is -2.14. The maximum Gasteiger partial charge on any atom is 0.234 e. The van der Waals surface area contributed by atoms with E-state index >= 15 is 0 Å². The van der Waals surface area contributed by atoms with Crippen molar-refractivity contribution in [2.45, 2.75) is 0 Å². The minimum Gasteiger partial charge on any atom is -0.497 e. The fourth-order valence-electron chi connectivity index (χ4n) is 2.42. The molecule has 0 spiro atoms. The standard InChI is InChI=1S/C19H14O3/c1-22-15-11-9-14(10-12-15)18(20)19(21)17-8-4-6-13-5-2-3-7-16(13)17/h2-12H,1H3. The zero-order chi connectivity index (χ0) is 15.5. The molecule has 0 N–H and O–H groups in total. The average molecular weight is 290 g/mol. The first-order chi connectivity index (χ1) is 10.7. The molecule has 0 fully saturated rings. The van der Waals surface area contributed by atoms with Crippen molar-refractivity contribution in [3.05, 3.63) is 77.9 Å². The highest BCUT2D eigenvalue weighted by molar-refractivity contribution is 6.50. The lowest BCUT2D eigenvalue weighted by molar-refractivity contribution is 0.0818. The molecule has 3 rings (SSSR count). The zero-order valence-corrected chi connectivity index (χ0v) is 12.1. The van der Waals surface area contributed by atoms with Crippen LogP contribution in [0.15, 0.2) is 66.7 Å². The van der Waals surface area contributed by atoms with Crippen LogP contribution in [0.4, 0.5) is 0 Å². The number of hydrogen-bond acceptors (Lipinski definition) is 3. The van der Waals surface area contributed by atoms with E-state index < -0.39 is 11.6 Å². The van der Waals surface area contributed by atoms with E-state index in [0.29, 0.717) is 16.9 Å². The summed E-state index contributed by atoms with van der Waals surface area (Å²) >= 11 is 0. The third kappa shape index (κ3) is 2.49. The summed E-state index contributed by atoms with van der Waals surface area (Å²) in [6.45, 7) is 0. The Kier molecular flexibility index (Phi) is 3.71. The second-order valence-corrected chi connectivity index (χ2v) is 4.91. The van der Waals surface area contributed by atoms with Gasteiger partial charge in [-0.25, -0.2) is 0 Å². The van der Waals surface area contributed by atoms with E-state index in [1.54, 1.807) is 43.5 Å². The maximum atomic E-state index is 12.5. The molecular formula is C19H14O3. The van der Waals surface area contributed by atoms with Gasteiger partial charge >= 0.3 is 0 Å². The minimum atomic E-state index is -0.515. The molecule has 0 bridgehead atoms. The van der Waals surface area contributed by atoms with Crippen molar-refractivity contribution in [2.75, 3.05) is 7.11 Å². The Bertz CT molecular complexity index is 843. The predicted octanol–water partition coefficient (Wildman–Crippen LogP) is 3.91. The van der Waals surface area contributed by atoms with Gasteiger partial charge in [0.1, 0.15) is 5.75 Å². The van der Waals surface area contributed by atoms with Crippen LogP contribution in [0, 0.1) is 0 Å². The topological polar surface area (TPSA) is 43.4 Å². The van der Waals surface area contributed by atoms with E-state index in [-0.39, 0.29) is 0 Å². The van der Waals surface area contributed by atoms with Crippen molar-refractivity contribution < 1.29 is 14.3 Å². The molecule has 0 aliphatic rings. The van der Waals surface area contributed by atoms with E-state index in [4.69, 9.17) is 4.74 Å². The number of carbonyl (C=O) groups excluding carboxylic acids is 2. The number of ether oxygens (including phenoxy) is 1. The molecule has 3 heteroatoms. The van der Waals surface area contributed by atoms with Crippen LogP contribution in [0.1, 0.15) is 20.7 Å². The SMILES string of the molecule is COc1ccc(C(=O)C(=O)c2cccc3ccccc23)cc1. The van der Waals surface area contributed by atoms with Gasteiger partial charge in [-0.2, -0.15) is 0 Å². The van der Waals surface area contributed by atoms with Crippen LogP contribution in [0.3, 0.4) is 0 Å². The largest absolute Gasteiger partial charge is 0.497 e. The summed E-state index contributed by atoms with van der Waals surface area (Å²) in [5.41, 5.74) is 0.789. The van der Waals surface area contributed by atoms with Crippen molar-refractivity contribution in [3.63, 3.8) is 0 Å². The van der Waals surface area contributed by atoms with Crippen molar-refractivity contribution in [3.8, 4) is 5.75 Å². The third-order valence-electron chi connectivity index (χ3n) is 3.59. The van der Waals surface area contributed by atoms with E-state index in [0.717, 1.165) is 10.8 Å². The molecule has 0 aliphatic carbocycles. The lowest BCUT2D eigenvalue weighted by atomic mass is 9.96. The van der Waals surface area contributed by atoms with Gasteiger partial charge in [-0.1, -0.05) is 42.5 Å². The van der Waals surface area contributed by atoms with E-state index in [1.165, 1.54) is 0 Å².